The number of carbonyl (C=O) groups is 1. The molecule has 1 aliphatic heterocycles. The van der Waals surface area contributed by atoms with Gasteiger partial charge in [-0.2, -0.15) is 0 Å². The molecule has 2 N–H and O–H groups in total. The van der Waals surface area contributed by atoms with Gasteiger partial charge in [-0.05, 0) is 49.4 Å². The van der Waals surface area contributed by atoms with Crippen molar-refractivity contribution in [3.63, 3.8) is 0 Å². The Kier molecular flexibility index (Phi) is 7.97. The lowest BCUT2D eigenvalue weighted by atomic mass is 10.0. The second kappa shape index (κ2) is 11.9. The van der Waals surface area contributed by atoms with E-state index < -0.39 is 0 Å². The molecule has 1 amide bonds. The first-order valence-corrected chi connectivity index (χ1v) is 13.1. The van der Waals surface area contributed by atoms with Gasteiger partial charge in [-0.15, -0.1) is 10.2 Å². The molecule has 190 valence electrons. The average molecular weight is 517 g/mol. The number of pyridine rings is 2. The Balaban J connectivity index is 1.33. The molecule has 0 spiro atoms. The molecule has 0 bridgehead atoms. The van der Waals surface area contributed by atoms with Crippen LogP contribution in [-0.2, 0) is 4.74 Å². The highest BCUT2D eigenvalue weighted by Gasteiger charge is 2.19. The first-order chi connectivity index (χ1) is 18.2. The molecule has 0 radical (unpaired) electrons. The van der Waals surface area contributed by atoms with Crippen LogP contribution >= 0.6 is 11.3 Å². The fourth-order valence-corrected chi connectivity index (χ4v) is 4.76. The number of nitrogens with zero attached hydrogens (tertiary/aromatic N) is 4. The number of rotatable bonds is 9. The van der Waals surface area contributed by atoms with Gasteiger partial charge in [0.1, 0.15) is 11.1 Å². The number of ether oxygens (including phenoxy) is 2. The van der Waals surface area contributed by atoms with E-state index in [0.717, 1.165) is 43.7 Å². The fourth-order valence-electron chi connectivity index (χ4n) is 4.02. The van der Waals surface area contributed by atoms with Crippen LogP contribution in [0, 0.1) is 5.92 Å². The first kappa shape index (κ1) is 24.8. The number of benzene rings is 1. The summed E-state index contributed by atoms with van der Waals surface area (Å²) in [5.74, 6) is 0.621. The standard InChI is InChI=1S/C27H28N6O3S/c1-18(20-5-3-2-4-6-20)36-25-23(29-16-19-9-13-35-14-10-19)15-22(17-30-25)24(34)31-27-33-32-26(37-27)21-7-11-28-12-8-21/h2-8,11-12,15,17-19,29H,9-10,13-14,16H2,1H3,(H,31,33,34)/t18-/m0/s1. The highest BCUT2D eigenvalue weighted by molar-refractivity contribution is 7.18. The third-order valence-electron chi connectivity index (χ3n) is 6.17. The van der Waals surface area contributed by atoms with E-state index in [0.29, 0.717) is 33.2 Å². The predicted molar refractivity (Wildman–Crippen MR) is 143 cm³/mol. The van der Waals surface area contributed by atoms with E-state index >= 15 is 0 Å². The Hall–Kier alpha value is -3.89. The Morgan fingerprint density at radius 3 is 2.70 bits per heavy atom. The third-order valence-corrected chi connectivity index (χ3v) is 7.05. The van der Waals surface area contributed by atoms with E-state index in [2.05, 4.69) is 30.8 Å². The summed E-state index contributed by atoms with van der Waals surface area (Å²) < 4.78 is 11.7. The van der Waals surface area contributed by atoms with Crippen molar-refractivity contribution in [1.29, 1.82) is 0 Å². The van der Waals surface area contributed by atoms with Gasteiger partial charge in [0.05, 0.1) is 11.3 Å². The Morgan fingerprint density at radius 1 is 1.14 bits per heavy atom. The van der Waals surface area contributed by atoms with E-state index in [1.165, 1.54) is 17.5 Å². The van der Waals surface area contributed by atoms with Gasteiger partial charge >= 0.3 is 0 Å². The quantitative estimate of drug-likeness (QED) is 0.311. The van der Waals surface area contributed by atoms with Gasteiger partial charge in [0.2, 0.25) is 11.0 Å². The number of amides is 1. The molecule has 37 heavy (non-hydrogen) atoms. The number of hydrogen-bond acceptors (Lipinski definition) is 9. The van der Waals surface area contributed by atoms with Crippen LogP contribution in [0.15, 0.2) is 67.1 Å². The Morgan fingerprint density at radius 2 is 1.92 bits per heavy atom. The van der Waals surface area contributed by atoms with Crippen LogP contribution in [0.4, 0.5) is 10.8 Å². The Bertz CT molecular complexity index is 1310. The minimum atomic E-state index is -0.318. The van der Waals surface area contributed by atoms with Crippen LogP contribution in [0.1, 0.15) is 41.8 Å². The molecule has 1 aliphatic rings. The maximum Gasteiger partial charge on any atom is 0.259 e. The van der Waals surface area contributed by atoms with Crippen LogP contribution in [0.25, 0.3) is 10.6 Å². The van der Waals surface area contributed by atoms with Crippen molar-refractivity contribution in [1.82, 2.24) is 20.2 Å². The topological polar surface area (TPSA) is 111 Å². The largest absolute Gasteiger partial charge is 0.468 e. The second-order valence-electron chi connectivity index (χ2n) is 8.79. The number of aromatic nitrogens is 4. The molecule has 3 aromatic heterocycles. The predicted octanol–water partition coefficient (Wildman–Crippen LogP) is 5.23. The Labute approximate surface area is 219 Å². The van der Waals surface area contributed by atoms with Crippen LogP contribution in [-0.4, -0.2) is 45.8 Å². The zero-order valence-corrected chi connectivity index (χ0v) is 21.3. The van der Waals surface area contributed by atoms with Gasteiger partial charge in [-0.1, -0.05) is 41.7 Å². The molecule has 0 saturated carbocycles. The van der Waals surface area contributed by atoms with E-state index in [1.807, 2.05) is 49.4 Å². The molecular formula is C27H28N6O3S. The smallest absolute Gasteiger partial charge is 0.259 e. The van der Waals surface area contributed by atoms with E-state index in [-0.39, 0.29) is 12.0 Å². The minimum absolute atomic E-state index is 0.204. The molecule has 10 heteroatoms. The molecule has 0 unspecified atom stereocenters. The lowest BCUT2D eigenvalue weighted by Gasteiger charge is -2.24. The molecular weight excluding hydrogens is 488 g/mol. The van der Waals surface area contributed by atoms with Crippen LogP contribution in [0.3, 0.4) is 0 Å². The van der Waals surface area contributed by atoms with Crippen molar-refractivity contribution in [2.75, 3.05) is 30.4 Å². The van der Waals surface area contributed by atoms with Gasteiger partial charge in [0, 0.05) is 43.9 Å². The van der Waals surface area contributed by atoms with Gasteiger partial charge in [-0.3, -0.25) is 15.1 Å². The van der Waals surface area contributed by atoms with Crippen LogP contribution in [0.2, 0.25) is 0 Å². The first-order valence-electron chi connectivity index (χ1n) is 12.2. The monoisotopic (exact) mass is 516 g/mol. The van der Waals surface area contributed by atoms with Crippen molar-refractivity contribution >= 4 is 28.1 Å². The molecule has 4 heterocycles. The number of carbonyl (C=O) groups excluding carboxylic acids is 1. The summed E-state index contributed by atoms with van der Waals surface area (Å²) in [7, 11) is 0. The molecule has 1 saturated heterocycles. The molecule has 1 fully saturated rings. The number of nitrogens with one attached hydrogen (secondary N) is 2. The van der Waals surface area contributed by atoms with Crippen molar-refractivity contribution in [2.24, 2.45) is 5.92 Å². The number of hydrogen-bond donors (Lipinski definition) is 2. The maximum atomic E-state index is 13.1. The van der Waals surface area contributed by atoms with Gasteiger partial charge in [0.25, 0.3) is 5.91 Å². The summed E-state index contributed by atoms with van der Waals surface area (Å²) in [6.07, 6.45) is 6.69. The lowest BCUT2D eigenvalue weighted by Crippen LogP contribution is -2.23. The minimum Gasteiger partial charge on any atom is -0.468 e. The average Bonchev–Trinajstić information content (AvgIpc) is 3.42. The van der Waals surface area contributed by atoms with Gasteiger partial charge in [0.15, 0.2) is 0 Å². The molecule has 1 atom stereocenters. The SMILES string of the molecule is C[C@H](Oc1ncc(C(=O)Nc2nnc(-c3ccncc3)s2)cc1NCC1CCOCC1)c1ccccc1. The molecule has 0 aliphatic carbocycles. The lowest BCUT2D eigenvalue weighted by molar-refractivity contribution is 0.0699. The zero-order valence-electron chi connectivity index (χ0n) is 20.5. The second-order valence-corrected chi connectivity index (χ2v) is 9.76. The van der Waals surface area contributed by atoms with Gasteiger partial charge in [-0.25, -0.2) is 4.98 Å². The maximum absolute atomic E-state index is 13.1. The summed E-state index contributed by atoms with van der Waals surface area (Å²) >= 11 is 1.30. The molecule has 1 aromatic carbocycles. The summed E-state index contributed by atoms with van der Waals surface area (Å²) in [6.45, 7) is 4.27. The van der Waals surface area contributed by atoms with Crippen molar-refractivity contribution in [2.45, 2.75) is 25.9 Å². The summed E-state index contributed by atoms with van der Waals surface area (Å²) in [4.78, 5) is 21.6. The third kappa shape index (κ3) is 6.46. The van der Waals surface area contributed by atoms with Crippen molar-refractivity contribution in [3.05, 3.63) is 78.2 Å². The molecule has 4 aromatic rings. The van der Waals surface area contributed by atoms with Crippen LogP contribution in [0.5, 0.6) is 5.88 Å². The normalized spacial score (nSPS) is 14.6. The zero-order chi connectivity index (χ0) is 25.5. The fraction of sp³-hybridized carbons (Fsp3) is 0.296. The summed E-state index contributed by atoms with van der Waals surface area (Å²) in [5.41, 5.74) is 3.01. The van der Waals surface area contributed by atoms with Crippen molar-refractivity contribution < 1.29 is 14.3 Å². The summed E-state index contributed by atoms with van der Waals surface area (Å²) in [5, 5.41) is 15.7. The van der Waals surface area contributed by atoms with Gasteiger partial charge < -0.3 is 14.8 Å². The van der Waals surface area contributed by atoms with Crippen LogP contribution < -0.4 is 15.4 Å². The number of anilines is 2. The molecule has 5 rings (SSSR count). The van der Waals surface area contributed by atoms with Crippen molar-refractivity contribution in [3.8, 4) is 16.5 Å². The van der Waals surface area contributed by atoms with E-state index in [9.17, 15) is 4.79 Å². The van der Waals surface area contributed by atoms with E-state index in [1.54, 1.807) is 18.5 Å². The summed E-state index contributed by atoms with van der Waals surface area (Å²) in [6, 6.07) is 15.4. The van der Waals surface area contributed by atoms with E-state index in [4.69, 9.17) is 9.47 Å². The highest BCUT2D eigenvalue weighted by Crippen LogP contribution is 2.30. The highest BCUT2D eigenvalue weighted by atomic mass is 32.1. The molecule has 9 nitrogen and oxygen atoms in total.